The molecule has 0 radical (unpaired) electrons. The standard InChI is InChI=1S/C11H21N3O2/c12-11(15)16-8-5-13-9-4-7-14-6-2-1-3-10(9)14/h9-10,13H,1-8H2,(H2,12,15). The zero-order chi connectivity index (χ0) is 11.4. The van der Waals surface area contributed by atoms with Gasteiger partial charge in [0, 0.05) is 25.2 Å². The minimum absolute atomic E-state index is 0.374. The zero-order valence-corrected chi connectivity index (χ0v) is 9.65. The molecule has 5 nitrogen and oxygen atoms in total. The molecule has 5 heteroatoms. The summed E-state index contributed by atoms with van der Waals surface area (Å²) in [6.45, 7) is 3.54. The highest BCUT2D eigenvalue weighted by Gasteiger charge is 2.34. The van der Waals surface area contributed by atoms with Gasteiger partial charge in [-0.3, -0.25) is 4.90 Å². The summed E-state index contributed by atoms with van der Waals surface area (Å²) >= 11 is 0. The Morgan fingerprint density at radius 1 is 1.38 bits per heavy atom. The molecule has 92 valence electrons. The van der Waals surface area contributed by atoms with Gasteiger partial charge in [-0.25, -0.2) is 4.79 Å². The Kier molecular flexibility index (Phi) is 4.01. The Hall–Kier alpha value is -0.810. The average molecular weight is 227 g/mol. The minimum Gasteiger partial charge on any atom is -0.448 e. The number of nitrogens with one attached hydrogen (secondary N) is 1. The Morgan fingerprint density at radius 2 is 2.25 bits per heavy atom. The molecule has 2 atom stereocenters. The maximum Gasteiger partial charge on any atom is 0.404 e. The molecule has 0 spiro atoms. The van der Waals surface area contributed by atoms with Crippen LogP contribution in [0.25, 0.3) is 0 Å². The molecule has 1 amide bonds. The van der Waals surface area contributed by atoms with Crippen molar-refractivity contribution in [3.63, 3.8) is 0 Å². The molecule has 2 aliphatic rings. The van der Waals surface area contributed by atoms with E-state index in [9.17, 15) is 4.79 Å². The van der Waals surface area contributed by atoms with Gasteiger partial charge in [-0.15, -0.1) is 0 Å². The van der Waals surface area contributed by atoms with Crippen LogP contribution in [0.1, 0.15) is 25.7 Å². The number of ether oxygens (including phenoxy) is 1. The number of piperidine rings is 1. The summed E-state index contributed by atoms with van der Waals surface area (Å²) in [4.78, 5) is 13.0. The Labute approximate surface area is 96.3 Å². The lowest BCUT2D eigenvalue weighted by Crippen LogP contribution is -2.45. The smallest absolute Gasteiger partial charge is 0.404 e. The van der Waals surface area contributed by atoms with Gasteiger partial charge >= 0.3 is 6.09 Å². The van der Waals surface area contributed by atoms with Crippen LogP contribution in [0.5, 0.6) is 0 Å². The van der Waals surface area contributed by atoms with Crippen molar-refractivity contribution in [3.05, 3.63) is 0 Å². The second-order valence-electron chi connectivity index (χ2n) is 4.62. The maximum absolute atomic E-state index is 10.4. The molecule has 2 heterocycles. The van der Waals surface area contributed by atoms with Crippen molar-refractivity contribution in [1.82, 2.24) is 10.2 Å². The second kappa shape index (κ2) is 5.50. The van der Waals surface area contributed by atoms with Crippen molar-refractivity contribution in [2.45, 2.75) is 37.8 Å². The molecule has 0 aromatic rings. The van der Waals surface area contributed by atoms with Gasteiger partial charge in [-0.1, -0.05) is 6.42 Å². The van der Waals surface area contributed by atoms with E-state index in [0.717, 1.165) is 0 Å². The fourth-order valence-electron chi connectivity index (χ4n) is 2.88. The van der Waals surface area contributed by atoms with Gasteiger partial charge in [-0.2, -0.15) is 0 Å². The largest absolute Gasteiger partial charge is 0.448 e. The summed E-state index contributed by atoms with van der Waals surface area (Å²) in [5, 5.41) is 3.46. The fraction of sp³-hybridized carbons (Fsp3) is 0.909. The minimum atomic E-state index is -0.687. The first-order chi connectivity index (χ1) is 7.77. The lowest BCUT2D eigenvalue weighted by molar-refractivity contribution is 0.150. The predicted octanol–water partition coefficient (Wildman–Crippen LogP) is 0.298. The van der Waals surface area contributed by atoms with E-state index in [1.807, 2.05) is 0 Å². The van der Waals surface area contributed by atoms with E-state index in [-0.39, 0.29) is 0 Å². The van der Waals surface area contributed by atoms with Crippen molar-refractivity contribution >= 4 is 6.09 Å². The van der Waals surface area contributed by atoms with Gasteiger partial charge in [0.25, 0.3) is 0 Å². The normalized spacial score (nSPS) is 30.0. The number of primary amides is 1. The molecular weight excluding hydrogens is 206 g/mol. The molecule has 2 aliphatic heterocycles. The lowest BCUT2D eigenvalue weighted by atomic mass is 9.99. The molecule has 2 unspecified atom stereocenters. The van der Waals surface area contributed by atoms with Gasteiger partial charge in [0.05, 0.1) is 0 Å². The molecule has 0 aromatic heterocycles. The summed E-state index contributed by atoms with van der Waals surface area (Å²) in [5.74, 6) is 0. The van der Waals surface area contributed by atoms with Crippen LogP contribution in [-0.2, 0) is 4.74 Å². The van der Waals surface area contributed by atoms with Gasteiger partial charge < -0.3 is 15.8 Å². The molecule has 2 fully saturated rings. The molecule has 0 bridgehead atoms. The fourth-order valence-corrected chi connectivity index (χ4v) is 2.88. The number of nitrogens with zero attached hydrogens (tertiary/aromatic N) is 1. The number of carbonyl (C=O) groups excluding carboxylic acids is 1. The zero-order valence-electron chi connectivity index (χ0n) is 9.65. The van der Waals surface area contributed by atoms with Crippen LogP contribution in [0.15, 0.2) is 0 Å². The summed E-state index contributed by atoms with van der Waals surface area (Å²) < 4.78 is 4.70. The third-order valence-corrected chi connectivity index (χ3v) is 3.61. The van der Waals surface area contributed by atoms with E-state index in [2.05, 4.69) is 10.2 Å². The number of nitrogens with two attached hydrogens (primary N) is 1. The Bertz CT molecular complexity index is 247. The summed E-state index contributed by atoms with van der Waals surface area (Å²) in [7, 11) is 0. The maximum atomic E-state index is 10.4. The highest BCUT2D eigenvalue weighted by Crippen LogP contribution is 2.26. The van der Waals surface area contributed by atoms with Crippen LogP contribution in [-0.4, -0.2) is 49.3 Å². The van der Waals surface area contributed by atoms with Crippen molar-refractivity contribution in [2.24, 2.45) is 5.73 Å². The summed E-state index contributed by atoms with van der Waals surface area (Å²) in [6, 6.07) is 1.26. The number of carbonyl (C=O) groups is 1. The summed E-state index contributed by atoms with van der Waals surface area (Å²) in [5.41, 5.74) is 4.90. The molecule has 2 saturated heterocycles. The van der Waals surface area contributed by atoms with E-state index < -0.39 is 6.09 Å². The SMILES string of the molecule is NC(=O)OCCNC1CCN2CCCCC12. The van der Waals surface area contributed by atoms with E-state index in [4.69, 9.17) is 10.5 Å². The first kappa shape index (κ1) is 11.7. The highest BCUT2D eigenvalue weighted by atomic mass is 16.5. The number of hydrogen-bond donors (Lipinski definition) is 2. The third-order valence-electron chi connectivity index (χ3n) is 3.61. The monoisotopic (exact) mass is 227 g/mol. The molecular formula is C11H21N3O2. The Balaban J connectivity index is 1.67. The van der Waals surface area contributed by atoms with E-state index in [1.165, 1.54) is 38.8 Å². The quantitative estimate of drug-likeness (QED) is 0.678. The van der Waals surface area contributed by atoms with Gasteiger partial charge in [-0.05, 0) is 25.8 Å². The molecule has 0 aliphatic carbocycles. The van der Waals surface area contributed by atoms with E-state index in [0.29, 0.717) is 25.2 Å². The number of rotatable bonds is 4. The first-order valence-corrected chi connectivity index (χ1v) is 6.17. The third kappa shape index (κ3) is 2.86. The molecule has 16 heavy (non-hydrogen) atoms. The van der Waals surface area contributed by atoms with E-state index in [1.54, 1.807) is 0 Å². The van der Waals surface area contributed by atoms with Gasteiger partial charge in [0.1, 0.15) is 6.61 Å². The van der Waals surface area contributed by atoms with Crippen molar-refractivity contribution < 1.29 is 9.53 Å². The average Bonchev–Trinajstić information content (AvgIpc) is 2.68. The van der Waals surface area contributed by atoms with Gasteiger partial charge in [0.2, 0.25) is 0 Å². The van der Waals surface area contributed by atoms with Crippen LogP contribution in [0, 0.1) is 0 Å². The Morgan fingerprint density at radius 3 is 3.06 bits per heavy atom. The van der Waals surface area contributed by atoms with Gasteiger partial charge in [0.15, 0.2) is 0 Å². The topological polar surface area (TPSA) is 67.6 Å². The predicted molar refractivity (Wildman–Crippen MR) is 61.2 cm³/mol. The van der Waals surface area contributed by atoms with Crippen LogP contribution in [0.4, 0.5) is 4.79 Å². The number of amides is 1. The van der Waals surface area contributed by atoms with Crippen LogP contribution < -0.4 is 11.1 Å². The first-order valence-electron chi connectivity index (χ1n) is 6.17. The van der Waals surface area contributed by atoms with E-state index >= 15 is 0 Å². The second-order valence-corrected chi connectivity index (χ2v) is 4.62. The number of fused-ring (bicyclic) bond motifs is 1. The van der Waals surface area contributed by atoms with Crippen LogP contribution in [0.2, 0.25) is 0 Å². The van der Waals surface area contributed by atoms with Crippen molar-refractivity contribution in [3.8, 4) is 0 Å². The molecule has 0 aromatic carbocycles. The molecule has 2 rings (SSSR count). The molecule has 3 N–H and O–H groups in total. The van der Waals surface area contributed by atoms with Crippen LogP contribution >= 0.6 is 0 Å². The highest BCUT2D eigenvalue weighted by molar-refractivity contribution is 5.64. The van der Waals surface area contributed by atoms with Crippen molar-refractivity contribution in [2.75, 3.05) is 26.2 Å². The number of hydrogen-bond acceptors (Lipinski definition) is 4. The van der Waals surface area contributed by atoms with Crippen LogP contribution in [0.3, 0.4) is 0 Å². The van der Waals surface area contributed by atoms with Crippen molar-refractivity contribution in [1.29, 1.82) is 0 Å². The summed E-state index contributed by atoms with van der Waals surface area (Å²) in [6.07, 6.45) is 4.51. The molecule has 0 saturated carbocycles. The lowest BCUT2D eigenvalue weighted by Gasteiger charge is -2.32.